The summed E-state index contributed by atoms with van der Waals surface area (Å²) in [5, 5.41) is 0. The van der Waals surface area contributed by atoms with Crippen molar-refractivity contribution in [3.05, 3.63) is 0 Å². The minimum absolute atomic E-state index is 1.14. The van der Waals surface area contributed by atoms with Crippen LogP contribution in [0, 0.1) is 0 Å². The summed E-state index contributed by atoms with van der Waals surface area (Å²) in [7, 11) is -1.14. The maximum absolute atomic E-state index is 2.47. The van der Waals surface area contributed by atoms with Crippen LogP contribution in [0.25, 0.3) is 0 Å². The van der Waals surface area contributed by atoms with Gasteiger partial charge in [-0.2, -0.15) is 0 Å². The molecule has 0 unspecified atom stereocenters. The summed E-state index contributed by atoms with van der Waals surface area (Å²) >= 11 is 0. The third kappa shape index (κ3) is 47.7. The first-order valence-corrected chi connectivity index (χ1v) is 32.1. The molecule has 0 N–H and O–H groups in total. The summed E-state index contributed by atoms with van der Waals surface area (Å²) in [6, 6.07) is 0. The summed E-state index contributed by atoms with van der Waals surface area (Å²) < 4.78 is 0. The molecule has 0 spiro atoms. The second kappa shape index (κ2) is 52.8. The van der Waals surface area contributed by atoms with Gasteiger partial charge in [0.2, 0.25) is 0 Å². The van der Waals surface area contributed by atoms with E-state index in [9.17, 15) is 0 Å². The van der Waals surface area contributed by atoms with Gasteiger partial charge in [-0.05, 0) is 0 Å². The van der Waals surface area contributed by atoms with Crippen LogP contribution in [0.4, 0.5) is 0 Å². The molecule has 0 atom stereocenters. The average Bonchev–Trinajstić information content (AvgIpc) is 3.25. The molecule has 0 aliphatic carbocycles. The van der Waals surface area contributed by atoms with Crippen LogP contribution in [0.3, 0.4) is 0 Å². The van der Waals surface area contributed by atoms with Crippen molar-refractivity contribution in [1.29, 1.82) is 0 Å². The Hall–Kier alpha value is 0.430. The van der Waals surface area contributed by atoms with E-state index >= 15 is 0 Å². The van der Waals surface area contributed by atoms with Gasteiger partial charge in [0.25, 0.3) is 0 Å². The molecule has 0 aromatic heterocycles. The van der Waals surface area contributed by atoms with E-state index in [2.05, 4.69) is 27.7 Å². The molecule has 59 heavy (non-hydrogen) atoms. The van der Waals surface area contributed by atoms with Gasteiger partial charge in [-0.25, -0.2) is 0 Å². The minimum atomic E-state index is -1.14. The second-order valence-electron chi connectivity index (χ2n) is 20.8. The van der Waals surface area contributed by atoms with Crippen molar-refractivity contribution in [3.63, 3.8) is 0 Å². The van der Waals surface area contributed by atoms with Gasteiger partial charge < -0.3 is 0 Å². The van der Waals surface area contributed by atoms with Crippen molar-refractivity contribution in [2.24, 2.45) is 0 Å². The van der Waals surface area contributed by atoms with Gasteiger partial charge in [-0.15, -0.1) is 0 Å². The van der Waals surface area contributed by atoms with Crippen molar-refractivity contribution >= 4 is 7.26 Å². The van der Waals surface area contributed by atoms with E-state index in [1.54, 1.807) is 43.9 Å². The zero-order chi connectivity index (χ0) is 42.7. The molecule has 0 aliphatic rings. The normalized spacial score (nSPS) is 12.3. The van der Waals surface area contributed by atoms with Gasteiger partial charge in [0.1, 0.15) is 0 Å². The fourth-order valence-electron chi connectivity index (χ4n) is 10.4. The van der Waals surface area contributed by atoms with Crippen LogP contribution in [-0.2, 0) is 0 Å². The molecule has 0 heterocycles. The second-order valence-corrected chi connectivity index (χ2v) is 25.8. The monoisotopic (exact) mass is 849 g/mol. The first kappa shape index (κ1) is 59.4. The van der Waals surface area contributed by atoms with E-state index in [1.165, 1.54) is 302 Å². The minimum Gasteiger partial charge on any atom is -0.0654 e. The van der Waals surface area contributed by atoms with Gasteiger partial charge in [-0.3, -0.25) is 0 Å². The zero-order valence-electron chi connectivity index (χ0n) is 42.7. The number of hydrogen-bond acceptors (Lipinski definition) is 0. The Morgan fingerprint density at radius 2 is 0.254 bits per heavy atom. The fourth-order valence-corrected chi connectivity index (χ4v) is 16.0. The van der Waals surface area contributed by atoms with Gasteiger partial charge in [0, 0.05) is 0 Å². The zero-order valence-corrected chi connectivity index (χ0v) is 43.7. The predicted octanol–water partition coefficient (Wildman–Crippen LogP) is 22.3. The van der Waals surface area contributed by atoms with E-state index in [0.717, 1.165) is 0 Å². The van der Waals surface area contributed by atoms with Crippen molar-refractivity contribution in [2.45, 2.75) is 349 Å². The molecule has 0 radical (unpaired) electrons. The molecular formula is C58H121P. The van der Waals surface area contributed by atoms with E-state index in [4.69, 9.17) is 0 Å². The van der Waals surface area contributed by atoms with Crippen molar-refractivity contribution in [3.8, 4) is 0 Å². The molecule has 0 aromatic carbocycles. The van der Waals surface area contributed by atoms with Crippen LogP contribution in [-0.4, -0.2) is 24.6 Å². The van der Waals surface area contributed by atoms with E-state index < -0.39 is 7.26 Å². The van der Waals surface area contributed by atoms with Gasteiger partial charge in [-0.1, -0.05) is 117 Å². The Labute approximate surface area is 379 Å². The molecule has 0 bridgehead atoms. The molecule has 1 heteroatoms. The maximum atomic E-state index is 2.47. The van der Waals surface area contributed by atoms with Crippen LogP contribution >= 0.6 is 7.26 Å². The molecule has 0 saturated heterocycles. The first-order chi connectivity index (χ1) is 29.2. The van der Waals surface area contributed by atoms with Crippen molar-refractivity contribution < 1.29 is 0 Å². The Kier molecular flexibility index (Phi) is 53.2. The van der Waals surface area contributed by atoms with Crippen LogP contribution < -0.4 is 0 Å². The Morgan fingerprint density at radius 1 is 0.136 bits per heavy atom. The van der Waals surface area contributed by atoms with Gasteiger partial charge in [0.05, 0.1) is 0 Å². The molecule has 358 valence electrons. The average molecular weight is 850 g/mol. The van der Waals surface area contributed by atoms with E-state index in [-0.39, 0.29) is 0 Å². The quantitative estimate of drug-likeness (QED) is 0.0423. The van der Waals surface area contributed by atoms with E-state index in [0.29, 0.717) is 0 Å². The topological polar surface area (TPSA) is 0 Å². The van der Waals surface area contributed by atoms with Crippen molar-refractivity contribution in [1.82, 2.24) is 0 Å². The molecule has 0 rings (SSSR count). The molecular weight excluding hydrogens is 728 g/mol. The summed E-state index contributed by atoms with van der Waals surface area (Å²) in [4.78, 5) is 0. The third-order valence-electron chi connectivity index (χ3n) is 14.7. The molecule has 0 amide bonds. The molecule has 0 fully saturated rings. The summed E-state index contributed by atoms with van der Waals surface area (Å²) in [5.74, 6) is 0. The first-order valence-electron chi connectivity index (χ1n) is 29.2. The number of rotatable bonds is 54. The smallest absolute Gasteiger partial charge is 0.0654 e. The van der Waals surface area contributed by atoms with Gasteiger partial charge >= 0.3 is 264 Å². The number of hydrogen-bond donors (Lipinski definition) is 0. The Balaban J connectivity index is 4.40. The van der Waals surface area contributed by atoms with Crippen LogP contribution in [0.5, 0.6) is 0 Å². The van der Waals surface area contributed by atoms with Crippen LogP contribution in [0.1, 0.15) is 349 Å². The molecule has 0 saturated carbocycles. The summed E-state index contributed by atoms with van der Waals surface area (Å²) in [6.45, 7) is 9.45. The molecule has 0 aliphatic heterocycles. The standard InChI is InChI=1S/C58H121P/c1-5-9-13-16-19-22-25-28-31-34-37-40-43-46-49-52-56-59(55-12-8-4,57-53-50-47-44-41-38-35-32-29-26-23-20-17-14-10-6-2)58-54-51-48-45-42-39-36-33-30-27-24-21-18-15-11-7-3/h59H,5-58H2,1-4H3. The Bertz CT molecular complexity index is 626. The number of unbranched alkanes of at least 4 members (excludes halogenated alkanes) is 46. The molecule has 0 aromatic rings. The Morgan fingerprint density at radius 3 is 0.407 bits per heavy atom. The van der Waals surface area contributed by atoms with Crippen LogP contribution in [0.2, 0.25) is 0 Å². The SMILES string of the molecule is CCCCCCCCCCCCCCCCCC[PH](CCCC)(CCCCCCCCCCCCCCCCCC)CCCCCCCCCCCCCCCCCC. The molecule has 0 nitrogen and oxygen atoms in total. The van der Waals surface area contributed by atoms with Crippen LogP contribution in [0.15, 0.2) is 0 Å². The van der Waals surface area contributed by atoms with E-state index in [1.807, 2.05) is 0 Å². The van der Waals surface area contributed by atoms with Gasteiger partial charge in [0.15, 0.2) is 0 Å². The van der Waals surface area contributed by atoms with Crippen molar-refractivity contribution in [2.75, 3.05) is 24.6 Å². The third-order valence-corrected chi connectivity index (χ3v) is 20.4. The predicted molar refractivity (Wildman–Crippen MR) is 281 cm³/mol. The fraction of sp³-hybridized carbons (Fsp3) is 1.00. The summed E-state index contributed by atoms with van der Waals surface area (Å²) in [5.41, 5.74) is 0. The summed E-state index contributed by atoms with van der Waals surface area (Å²) in [6.07, 6.45) is 81.4.